The van der Waals surface area contributed by atoms with Crippen molar-refractivity contribution in [1.29, 1.82) is 0 Å². The van der Waals surface area contributed by atoms with Gasteiger partial charge in [-0.3, -0.25) is 4.79 Å². The lowest BCUT2D eigenvalue weighted by molar-refractivity contribution is -0.113. The molecule has 0 radical (unpaired) electrons. The van der Waals surface area contributed by atoms with E-state index in [1.807, 2.05) is 54.6 Å². The van der Waals surface area contributed by atoms with Crippen LogP contribution in [0.1, 0.15) is 12.5 Å². The van der Waals surface area contributed by atoms with Crippen molar-refractivity contribution in [2.24, 2.45) is 0 Å². The molecule has 0 bridgehead atoms. The van der Waals surface area contributed by atoms with Gasteiger partial charge < -0.3 is 14.8 Å². The number of hydrogen-bond acceptors (Lipinski definition) is 6. The number of nitrogens with one attached hydrogen (secondary N) is 1. The van der Waals surface area contributed by atoms with Crippen LogP contribution in [0.5, 0.6) is 11.5 Å². The van der Waals surface area contributed by atoms with E-state index >= 15 is 0 Å². The second kappa shape index (κ2) is 9.93. The molecule has 0 spiro atoms. The third-order valence-corrected chi connectivity index (χ3v) is 5.24. The van der Waals surface area contributed by atoms with E-state index in [0.29, 0.717) is 16.5 Å². The molecule has 0 unspecified atom stereocenters. The molecular formula is C22H23N3O3S. The highest BCUT2D eigenvalue weighted by Crippen LogP contribution is 2.31. The normalized spacial score (nSPS) is 10.4. The van der Waals surface area contributed by atoms with Gasteiger partial charge in [0.15, 0.2) is 11.5 Å². The predicted octanol–water partition coefficient (Wildman–Crippen LogP) is 4.45. The number of methoxy groups -OCH3 is 2. The zero-order chi connectivity index (χ0) is 20.6. The fourth-order valence-corrected chi connectivity index (χ4v) is 3.32. The third kappa shape index (κ3) is 5.48. The maximum absolute atomic E-state index is 12.2. The van der Waals surface area contributed by atoms with Crippen LogP contribution in [0.3, 0.4) is 0 Å². The summed E-state index contributed by atoms with van der Waals surface area (Å²) in [6.07, 6.45) is 0.974. The Morgan fingerprint density at radius 1 is 0.966 bits per heavy atom. The van der Waals surface area contributed by atoms with Gasteiger partial charge in [-0.05, 0) is 54.4 Å². The van der Waals surface area contributed by atoms with E-state index in [1.165, 1.54) is 17.3 Å². The molecule has 0 saturated heterocycles. The Labute approximate surface area is 174 Å². The molecule has 1 heterocycles. The number of aryl methyl sites for hydroxylation is 1. The SMILES string of the molecule is CCc1ccc(NC(=O)CSc2ccc(-c3ccc(OC)c(OC)c3)nn2)cc1. The van der Waals surface area contributed by atoms with Crippen molar-refractivity contribution in [2.75, 3.05) is 25.3 Å². The Bertz CT molecular complexity index is 960. The smallest absolute Gasteiger partial charge is 0.234 e. The maximum Gasteiger partial charge on any atom is 0.234 e. The Hall–Kier alpha value is -3.06. The number of anilines is 1. The molecule has 0 fully saturated rings. The van der Waals surface area contributed by atoms with Crippen LogP contribution < -0.4 is 14.8 Å². The molecule has 1 amide bonds. The van der Waals surface area contributed by atoms with Crippen LogP contribution in [0.2, 0.25) is 0 Å². The van der Waals surface area contributed by atoms with Crippen LogP contribution in [0.15, 0.2) is 59.6 Å². The highest BCUT2D eigenvalue weighted by atomic mass is 32.2. The highest BCUT2D eigenvalue weighted by Gasteiger charge is 2.09. The van der Waals surface area contributed by atoms with Crippen LogP contribution >= 0.6 is 11.8 Å². The van der Waals surface area contributed by atoms with E-state index in [2.05, 4.69) is 22.4 Å². The fourth-order valence-electron chi connectivity index (χ4n) is 2.71. The van der Waals surface area contributed by atoms with E-state index in [-0.39, 0.29) is 11.7 Å². The number of aromatic nitrogens is 2. The molecule has 7 heteroatoms. The molecule has 0 aliphatic carbocycles. The number of rotatable bonds is 8. The quantitative estimate of drug-likeness (QED) is 0.554. The van der Waals surface area contributed by atoms with Crippen LogP contribution in [0.25, 0.3) is 11.3 Å². The maximum atomic E-state index is 12.2. The topological polar surface area (TPSA) is 73.3 Å². The molecule has 0 aliphatic rings. The molecule has 2 aromatic carbocycles. The summed E-state index contributed by atoms with van der Waals surface area (Å²) in [4.78, 5) is 12.2. The van der Waals surface area contributed by atoms with Gasteiger partial charge in [0.1, 0.15) is 5.03 Å². The Morgan fingerprint density at radius 2 is 1.72 bits per heavy atom. The molecule has 150 valence electrons. The number of carbonyl (C=O) groups is 1. The van der Waals surface area contributed by atoms with Crippen molar-refractivity contribution in [3.8, 4) is 22.8 Å². The summed E-state index contributed by atoms with van der Waals surface area (Å²) in [5.74, 6) is 1.48. The predicted molar refractivity (Wildman–Crippen MR) is 116 cm³/mol. The average Bonchev–Trinajstić information content (AvgIpc) is 2.78. The number of benzene rings is 2. The first-order chi connectivity index (χ1) is 14.1. The minimum atomic E-state index is -0.0787. The zero-order valence-corrected chi connectivity index (χ0v) is 17.5. The summed E-state index contributed by atoms with van der Waals surface area (Å²) < 4.78 is 10.6. The van der Waals surface area contributed by atoms with E-state index in [0.717, 1.165) is 23.4 Å². The van der Waals surface area contributed by atoms with Crippen molar-refractivity contribution < 1.29 is 14.3 Å². The van der Waals surface area contributed by atoms with Gasteiger partial charge >= 0.3 is 0 Å². The standard InChI is InChI=1S/C22H23N3O3S/c1-4-15-5-8-17(9-6-15)23-21(26)14-29-22-12-10-18(24-25-22)16-7-11-19(27-2)20(13-16)28-3/h5-13H,4,14H2,1-3H3,(H,23,26). The number of carbonyl (C=O) groups excluding carboxylic acids is 1. The van der Waals surface area contributed by atoms with Gasteiger partial charge in [0, 0.05) is 11.3 Å². The summed E-state index contributed by atoms with van der Waals surface area (Å²) in [5, 5.41) is 12.1. The molecule has 6 nitrogen and oxygen atoms in total. The summed E-state index contributed by atoms with van der Waals surface area (Å²) in [6.45, 7) is 2.10. The lowest BCUT2D eigenvalue weighted by Gasteiger charge is -2.09. The van der Waals surface area contributed by atoms with Crippen LogP contribution in [-0.2, 0) is 11.2 Å². The van der Waals surface area contributed by atoms with Crippen LogP contribution in [0.4, 0.5) is 5.69 Å². The van der Waals surface area contributed by atoms with Gasteiger partial charge in [-0.15, -0.1) is 10.2 Å². The molecule has 29 heavy (non-hydrogen) atoms. The van der Waals surface area contributed by atoms with Gasteiger partial charge in [0.25, 0.3) is 0 Å². The second-order valence-corrected chi connectivity index (χ2v) is 7.21. The van der Waals surface area contributed by atoms with Gasteiger partial charge in [-0.1, -0.05) is 30.8 Å². The molecule has 3 aromatic rings. The van der Waals surface area contributed by atoms with Crippen molar-refractivity contribution >= 4 is 23.4 Å². The largest absolute Gasteiger partial charge is 0.493 e. The van der Waals surface area contributed by atoms with E-state index in [4.69, 9.17) is 9.47 Å². The van der Waals surface area contributed by atoms with Crippen molar-refractivity contribution in [3.63, 3.8) is 0 Å². The molecular weight excluding hydrogens is 386 g/mol. The molecule has 0 atom stereocenters. The summed E-state index contributed by atoms with van der Waals surface area (Å²) in [6, 6.07) is 17.2. The minimum Gasteiger partial charge on any atom is -0.493 e. The van der Waals surface area contributed by atoms with Crippen LogP contribution in [0, 0.1) is 0 Å². The van der Waals surface area contributed by atoms with Gasteiger partial charge in [-0.25, -0.2) is 0 Å². The number of nitrogens with zero attached hydrogens (tertiary/aromatic N) is 2. The number of ether oxygens (including phenoxy) is 2. The fraction of sp³-hybridized carbons (Fsp3) is 0.227. The Morgan fingerprint density at radius 3 is 2.34 bits per heavy atom. The number of thioether (sulfide) groups is 1. The van der Waals surface area contributed by atoms with Gasteiger partial charge in [0.05, 0.1) is 25.7 Å². The first-order valence-electron chi connectivity index (χ1n) is 9.20. The first kappa shape index (κ1) is 20.7. The first-order valence-corrected chi connectivity index (χ1v) is 10.2. The lowest BCUT2D eigenvalue weighted by Crippen LogP contribution is -2.14. The number of amides is 1. The third-order valence-electron chi connectivity index (χ3n) is 4.32. The summed E-state index contributed by atoms with van der Waals surface area (Å²) >= 11 is 1.34. The molecule has 1 aromatic heterocycles. The van der Waals surface area contributed by atoms with Crippen LogP contribution in [-0.4, -0.2) is 36.1 Å². The second-order valence-electron chi connectivity index (χ2n) is 6.21. The van der Waals surface area contributed by atoms with Crippen molar-refractivity contribution in [2.45, 2.75) is 18.4 Å². The highest BCUT2D eigenvalue weighted by molar-refractivity contribution is 7.99. The minimum absolute atomic E-state index is 0.0787. The molecule has 3 rings (SSSR count). The molecule has 1 N–H and O–H groups in total. The summed E-state index contributed by atoms with van der Waals surface area (Å²) in [5.41, 5.74) is 3.63. The van der Waals surface area contributed by atoms with Crippen molar-refractivity contribution in [3.05, 3.63) is 60.2 Å². The van der Waals surface area contributed by atoms with E-state index < -0.39 is 0 Å². The average molecular weight is 410 g/mol. The molecule has 0 aliphatic heterocycles. The number of hydrogen-bond donors (Lipinski definition) is 1. The zero-order valence-electron chi connectivity index (χ0n) is 16.6. The van der Waals surface area contributed by atoms with E-state index in [1.54, 1.807) is 14.2 Å². The Balaban J connectivity index is 1.58. The van der Waals surface area contributed by atoms with Crippen molar-refractivity contribution in [1.82, 2.24) is 10.2 Å². The Kier molecular flexibility index (Phi) is 7.08. The monoisotopic (exact) mass is 409 g/mol. The lowest BCUT2D eigenvalue weighted by atomic mass is 10.1. The molecule has 0 saturated carbocycles. The van der Waals surface area contributed by atoms with E-state index in [9.17, 15) is 4.79 Å². The van der Waals surface area contributed by atoms with Gasteiger partial charge in [0.2, 0.25) is 5.91 Å². The van der Waals surface area contributed by atoms with Gasteiger partial charge in [-0.2, -0.15) is 0 Å². The summed E-state index contributed by atoms with van der Waals surface area (Å²) in [7, 11) is 3.19.